The smallest absolute Gasteiger partial charge is 0.169 e. The zero-order chi connectivity index (χ0) is 9.15. The molecular formula is C11H14O2. The molecule has 0 saturated carbocycles. The van der Waals surface area contributed by atoms with Crippen molar-refractivity contribution in [2.45, 2.75) is 25.0 Å². The van der Waals surface area contributed by atoms with E-state index in [9.17, 15) is 5.11 Å². The summed E-state index contributed by atoms with van der Waals surface area (Å²) in [5, 5.41) is 9.92. The van der Waals surface area contributed by atoms with Crippen molar-refractivity contribution in [1.82, 2.24) is 0 Å². The van der Waals surface area contributed by atoms with Gasteiger partial charge in [-0.2, -0.15) is 0 Å². The van der Waals surface area contributed by atoms with E-state index in [0.29, 0.717) is 13.0 Å². The van der Waals surface area contributed by atoms with Crippen LogP contribution in [-0.4, -0.2) is 17.5 Å². The summed E-state index contributed by atoms with van der Waals surface area (Å²) in [7, 11) is 0. The predicted molar refractivity (Wildman–Crippen MR) is 50.3 cm³/mol. The molecule has 1 fully saturated rings. The van der Waals surface area contributed by atoms with Crippen molar-refractivity contribution in [3.05, 3.63) is 35.9 Å². The molecule has 0 amide bonds. The third-order valence-corrected chi connectivity index (χ3v) is 2.41. The molecule has 0 spiro atoms. The van der Waals surface area contributed by atoms with Crippen molar-refractivity contribution >= 4 is 0 Å². The lowest BCUT2D eigenvalue weighted by atomic mass is 10.0. The van der Waals surface area contributed by atoms with Crippen LogP contribution in [0.5, 0.6) is 0 Å². The molecule has 2 heteroatoms. The van der Waals surface area contributed by atoms with E-state index >= 15 is 0 Å². The first-order valence-corrected chi connectivity index (χ1v) is 4.69. The van der Waals surface area contributed by atoms with Crippen LogP contribution in [0.1, 0.15) is 18.4 Å². The summed E-state index contributed by atoms with van der Waals surface area (Å²) in [5.74, 6) is -0.901. The van der Waals surface area contributed by atoms with E-state index in [1.165, 1.54) is 0 Å². The highest BCUT2D eigenvalue weighted by Crippen LogP contribution is 2.26. The van der Waals surface area contributed by atoms with E-state index in [2.05, 4.69) is 0 Å². The normalized spacial score (nSPS) is 27.8. The lowest BCUT2D eigenvalue weighted by Gasteiger charge is -2.21. The van der Waals surface area contributed by atoms with Crippen molar-refractivity contribution < 1.29 is 9.84 Å². The van der Waals surface area contributed by atoms with Crippen LogP contribution >= 0.6 is 0 Å². The number of aliphatic hydroxyl groups is 1. The molecule has 1 aliphatic heterocycles. The van der Waals surface area contributed by atoms with Gasteiger partial charge in [-0.05, 0) is 12.0 Å². The highest BCUT2D eigenvalue weighted by atomic mass is 16.6. The molecule has 1 atom stereocenters. The van der Waals surface area contributed by atoms with Crippen molar-refractivity contribution in [2.75, 3.05) is 6.61 Å². The number of rotatable bonds is 2. The van der Waals surface area contributed by atoms with E-state index in [0.717, 1.165) is 18.4 Å². The Morgan fingerprint density at radius 3 is 2.69 bits per heavy atom. The van der Waals surface area contributed by atoms with Gasteiger partial charge in [-0.15, -0.1) is 0 Å². The summed E-state index contributed by atoms with van der Waals surface area (Å²) in [6.07, 6.45) is 2.32. The monoisotopic (exact) mass is 178 g/mol. The van der Waals surface area contributed by atoms with Crippen LogP contribution in [-0.2, 0) is 11.2 Å². The minimum Gasteiger partial charge on any atom is -0.365 e. The Hall–Kier alpha value is -0.860. The van der Waals surface area contributed by atoms with Crippen LogP contribution in [0.4, 0.5) is 0 Å². The number of ether oxygens (including phenoxy) is 1. The predicted octanol–water partition coefficient (Wildman–Crippen LogP) is 1.73. The minimum absolute atomic E-state index is 0.605. The fourth-order valence-electron chi connectivity index (χ4n) is 1.74. The van der Waals surface area contributed by atoms with E-state index in [4.69, 9.17) is 4.74 Å². The van der Waals surface area contributed by atoms with Gasteiger partial charge in [0.25, 0.3) is 0 Å². The van der Waals surface area contributed by atoms with Gasteiger partial charge in [0.2, 0.25) is 0 Å². The summed E-state index contributed by atoms with van der Waals surface area (Å²) in [6, 6.07) is 9.96. The molecule has 1 heterocycles. The number of hydrogen-bond acceptors (Lipinski definition) is 2. The van der Waals surface area contributed by atoms with Gasteiger partial charge in [0.15, 0.2) is 5.79 Å². The second-order valence-corrected chi connectivity index (χ2v) is 3.56. The summed E-state index contributed by atoms with van der Waals surface area (Å²) in [4.78, 5) is 0. The number of hydrogen-bond donors (Lipinski definition) is 1. The molecule has 1 aromatic rings. The summed E-state index contributed by atoms with van der Waals surface area (Å²) >= 11 is 0. The van der Waals surface area contributed by atoms with Crippen molar-refractivity contribution in [3.8, 4) is 0 Å². The van der Waals surface area contributed by atoms with Gasteiger partial charge >= 0.3 is 0 Å². The Labute approximate surface area is 78.2 Å². The molecule has 13 heavy (non-hydrogen) atoms. The zero-order valence-electron chi connectivity index (χ0n) is 7.57. The molecule has 0 radical (unpaired) electrons. The maximum Gasteiger partial charge on any atom is 0.169 e. The summed E-state index contributed by atoms with van der Waals surface area (Å²) < 4.78 is 5.30. The van der Waals surface area contributed by atoms with Gasteiger partial charge in [0.05, 0.1) is 6.61 Å². The van der Waals surface area contributed by atoms with Gasteiger partial charge in [-0.1, -0.05) is 30.3 Å². The van der Waals surface area contributed by atoms with Gasteiger partial charge in [-0.3, -0.25) is 0 Å². The quantitative estimate of drug-likeness (QED) is 0.747. The second kappa shape index (κ2) is 3.48. The molecule has 2 rings (SSSR count). The standard InChI is InChI=1S/C11H14O2/c12-11(7-4-8-13-11)9-10-5-2-1-3-6-10/h1-3,5-6,12H,4,7-9H2. The van der Waals surface area contributed by atoms with Gasteiger partial charge < -0.3 is 9.84 Å². The zero-order valence-corrected chi connectivity index (χ0v) is 7.57. The highest BCUT2D eigenvalue weighted by Gasteiger charge is 2.32. The van der Waals surface area contributed by atoms with Crippen LogP contribution in [0, 0.1) is 0 Å². The Morgan fingerprint density at radius 2 is 2.08 bits per heavy atom. The Balaban J connectivity index is 2.05. The topological polar surface area (TPSA) is 29.5 Å². The van der Waals surface area contributed by atoms with Crippen molar-refractivity contribution in [2.24, 2.45) is 0 Å². The third kappa shape index (κ3) is 2.08. The second-order valence-electron chi connectivity index (χ2n) is 3.56. The first-order chi connectivity index (χ1) is 6.29. The van der Waals surface area contributed by atoms with Gasteiger partial charge in [-0.25, -0.2) is 0 Å². The lowest BCUT2D eigenvalue weighted by Crippen LogP contribution is -2.29. The van der Waals surface area contributed by atoms with Gasteiger partial charge in [0, 0.05) is 12.8 Å². The minimum atomic E-state index is -0.901. The van der Waals surface area contributed by atoms with E-state index in [-0.39, 0.29) is 0 Å². The Morgan fingerprint density at radius 1 is 1.31 bits per heavy atom. The average molecular weight is 178 g/mol. The SMILES string of the molecule is OC1(Cc2ccccc2)CCCO1. The fraction of sp³-hybridized carbons (Fsp3) is 0.455. The van der Waals surface area contributed by atoms with Crippen molar-refractivity contribution in [1.29, 1.82) is 0 Å². The van der Waals surface area contributed by atoms with Crippen molar-refractivity contribution in [3.63, 3.8) is 0 Å². The van der Waals surface area contributed by atoms with Crippen LogP contribution in [0.25, 0.3) is 0 Å². The fourth-order valence-corrected chi connectivity index (χ4v) is 1.74. The first kappa shape index (κ1) is 8.73. The molecular weight excluding hydrogens is 164 g/mol. The molecule has 1 unspecified atom stereocenters. The average Bonchev–Trinajstić information content (AvgIpc) is 2.54. The molecule has 1 aliphatic rings. The molecule has 1 saturated heterocycles. The summed E-state index contributed by atoms with van der Waals surface area (Å²) in [5.41, 5.74) is 1.13. The van der Waals surface area contributed by atoms with Crippen LogP contribution in [0.15, 0.2) is 30.3 Å². The molecule has 2 nitrogen and oxygen atoms in total. The molecule has 1 aromatic carbocycles. The lowest BCUT2D eigenvalue weighted by molar-refractivity contribution is -0.169. The number of benzene rings is 1. The Kier molecular flexibility index (Phi) is 2.34. The molecule has 0 aromatic heterocycles. The van der Waals surface area contributed by atoms with E-state index in [1.54, 1.807) is 0 Å². The van der Waals surface area contributed by atoms with E-state index < -0.39 is 5.79 Å². The van der Waals surface area contributed by atoms with Crippen LogP contribution in [0.2, 0.25) is 0 Å². The maximum atomic E-state index is 9.92. The molecule has 0 aliphatic carbocycles. The van der Waals surface area contributed by atoms with Crippen LogP contribution in [0.3, 0.4) is 0 Å². The first-order valence-electron chi connectivity index (χ1n) is 4.69. The van der Waals surface area contributed by atoms with Crippen LogP contribution < -0.4 is 0 Å². The summed E-state index contributed by atoms with van der Waals surface area (Å²) in [6.45, 7) is 0.684. The van der Waals surface area contributed by atoms with E-state index in [1.807, 2.05) is 30.3 Å². The largest absolute Gasteiger partial charge is 0.365 e. The molecule has 1 N–H and O–H groups in total. The highest BCUT2D eigenvalue weighted by molar-refractivity contribution is 5.16. The molecule has 70 valence electrons. The Bertz CT molecular complexity index is 263. The molecule has 0 bridgehead atoms. The third-order valence-electron chi connectivity index (χ3n) is 2.41. The van der Waals surface area contributed by atoms with Gasteiger partial charge in [0.1, 0.15) is 0 Å². The maximum absolute atomic E-state index is 9.92.